The van der Waals surface area contributed by atoms with E-state index in [1.54, 1.807) is 0 Å². The summed E-state index contributed by atoms with van der Waals surface area (Å²) in [6.07, 6.45) is 3.58. The number of amides is 1. The first-order valence-electron chi connectivity index (χ1n) is 7.91. The number of rotatable bonds is 3. The molecule has 0 N–H and O–H groups in total. The predicted octanol–water partition coefficient (Wildman–Crippen LogP) is 0.0845. The Balaban J connectivity index is 1.62. The highest BCUT2D eigenvalue weighted by Crippen LogP contribution is 2.37. The number of hydrogen-bond acceptors (Lipinski definition) is 5. The highest BCUT2D eigenvalue weighted by molar-refractivity contribution is 7.88. The average Bonchev–Trinajstić information content (AvgIpc) is 2.93. The molecule has 0 aromatic heterocycles. The van der Waals surface area contributed by atoms with E-state index in [0.717, 1.165) is 12.8 Å². The molecule has 0 aliphatic carbocycles. The summed E-state index contributed by atoms with van der Waals surface area (Å²) >= 11 is 0. The maximum absolute atomic E-state index is 12.3. The van der Waals surface area contributed by atoms with Crippen molar-refractivity contribution in [2.75, 3.05) is 45.7 Å². The molecule has 3 rings (SSSR count). The van der Waals surface area contributed by atoms with Crippen LogP contribution in [0.25, 0.3) is 0 Å². The fraction of sp³-hybridized carbons (Fsp3) is 0.929. The fourth-order valence-corrected chi connectivity index (χ4v) is 4.57. The van der Waals surface area contributed by atoms with E-state index in [1.807, 2.05) is 0 Å². The van der Waals surface area contributed by atoms with Gasteiger partial charge in [-0.05, 0) is 24.7 Å². The molecule has 3 aliphatic rings. The van der Waals surface area contributed by atoms with Gasteiger partial charge in [-0.15, -0.1) is 0 Å². The first-order chi connectivity index (χ1) is 10.4. The number of carbonyl (C=O) groups is 1. The van der Waals surface area contributed by atoms with Crippen LogP contribution in [0.15, 0.2) is 0 Å². The summed E-state index contributed by atoms with van der Waals surface area (Å²) in [4.78, 5) is 17.8. The molecule has 126 valence electrons. The van der Waals surface area contributed by atoms with E-state index in [2.05, 4.69) is 0 Å². The third-order valence-electron chi connectivity index (χ3n) is 4.91. The zero-order valence-corrected chi connectivity index (χ0v) is 13.8. The van der Waals surface area contributed by atoms with Gasteiger partial charge in [0.15, 0.2) is 0 Å². The first-order valence-corrected chi connectivity index (χ1v) is 9.76. The SMILES string of the molecule is CS(=O)(=O)N1C[C@@H]2COC[C@@H](CC(=O)N3CCCCO3)[C@@H]2C1. The first kappa shape index (κ1) is 16.2. The van der Waals surface area contributed by atoms with E-state index < -0.39 is 10.0 Å². The van der Waals surface area contributed by atoms with Gasteiger partial charge >= 0.3 is 0 Å². The standard InChI is InChI=1S/C14H24N2O5S/c1-22(18,19)15-7-12-10-20-9-11(13(12)8-15)6-14(17)16-4-2-3-5-21-16/h11-13H,2-10H2,1H3/t11-,12-,13+/m1/s1. The summed E-state index contributed by atoms with van der Waals surface area (Å²) in [6, 6.07) is 0. The quantitative estimate of drug-likeness (QED) is 0.732. The van der Waals surface area contributed by atoms with Crippen LogP contribution in [-0.2, 0) is 24.4 Å². The van der Waals surface area contributed by atoms with Crippen LogP contribution in [-0.4, -0.2) is 69.4 Å². The van der Waals surface area contributed by atoms with Crippen molar-refractivity contribution in [3.63, 3.8) is 0 Å². The van der Waals surface area contributed by atoms with Gasteiger partial charge in [0, 0.05) is 32.0 Å². The van der Waals surface area contributed by atoms with Gasteiger partial charge in [0.2, 0.25) is 15.9 Å². The van der Waals surface area contributed by atoms with Crippen LogP contribution >= 0.6 is 0 Å². The van der Waals surface area contributed by atoms with Gasteiger partial charge in [0.1, 0.15) is 0 Å². The zero-order chi connectivity index (χ0) is 15.7. The second-order valence-corrected chi connectivity index (χ2v) is 8.52. The summed E-state index contributed by atoms with van der Waals surface area (Å²) in [5, 5.41) is 1.47. The highest BCUT2D eigenvalue weighted by atomic mass is 32.2. The Labute approximate surface area is 131 Å². The smallest absolute Gasteiger partial charge is 0.246 e. The summed E-state index contributed by atoms with van der Waals surface area (Å²) < 4.78 is 30.6. The highest BCUT2D eigenvalue weighted by Gasteiger charge is 2.44. The molecule has 0 aromatic carbocycles. The minimum Gasteiger partial charge on any atom is -0.381 e. The molecule has 3 atom stereocenters. The number of fused-ring (bicyclic) bond motifs is 1. The molecule has 3 aliphatic heterocycles. The Morgan fingerprint density at radius 3 is 2.73 bits per heavy atom. The van der Waals surface area contributed by atoms with Crippen LogP contribution in [0.3, 0.4) is 0 Å². The topological polar surface area (TPSA) is 76.2 Å². The van der Waals surface area contributed by atoms with E-state index in [-0.39, 0.29) is 23.7 Å². The molecule has 0 bridgehead atoms. The monoisotopic (exact) mass is 332 g/mol. The zero-order valence-electron chi connectivity index (χ0n) is 12.9. The molecule has 3 heterocycles. The van der Waals surface area contributed by atoms with Crippen molar-refractivity contribution in [1.82, 2.24) is 9.37 Å². The Morgan fingerprint density at radius 2 is 2.05 bits per heavy atom. The number of hydrogen-bond donors (Lipinski definition) is 0. The van der Waals surface area contributed by atoms with Crippen molar-refractivity contribution in [1.29, 1.82) is 0 Å². The molecule has 1 amide bonds. The van der Waals surface area contributed by atoms with Gasteiger partial charge in [-0.2, -0.15) is 0 Å². The van der Waals surface area contributed by atoms with Crippen molar-refractivity contribution in [2.24, 2.45) is 17.8 Å². The number of ether oxygens (including phenoxy) is 1. The van der Waals surface area contributed by atoms with Gasteiger partial charge < -0.3 is 4.74 Å². The van der Waals surface area contributed by atoms with Crippen LogP contribution in [0.4, 0.5) is 0 Å². The summed E-state index contributed by atoms with van der Waals surface area (Å²) in [7, 11) is -3.18. The van der Waals surface area contributed by atoms with Crippen LogP contribution in [0.2, 0.25) is 0 Å². The molecule has 0 saturated carbocycles. The van der Waals surface area contributed by atoms with Crippen LogP contribution in [0.1, 0.15) is 19.3 Å². The van der Waals surface area contributed by atoms with E-state index in [9.17, 15) is 13.2 Å². The molecule has 3 saturated heterocycles. The lowest BCUT2D eigenvalue weighted by Crippen LogP contribution is -2.41. The second kappa shape index (κ2) is 6.43. The minimum atomic E-state index is -3.18. The average molecular weight is 332 g/mol. The number of sulfonamides is 1. The predicted molar refractivity (Wildman–Crippen MR) is 79.2 cm³/mol. The third-order valence-corrected chi connectivity index (χ3v) is 6.15. The maximum Gasteiger partial charge on any atom is 0.246 e. The molecule has 8 heteroatoms. The number of nitrogens with zero attached hydrogens (tertiary/aromatic N) is 2. The second-order valence-electron chi connectivity index (χ2n) is 6.54. The van der Waals surface area contributed by atoms with Crippen molar-refractivity contribution in [2.45, 2.75) is 19.3 Å². The van der Waals surface area contributed by atoms with E-state index in [1.165, 1.54) is 15.6 Å². The Morgan fingerprint density at radius 1 is 1.23 bits per heavy atom. The molecule has 22 heavy (non-hydrogen) atoms. The van der Waals surface area contributed by atoms with Gasteiger partial charge in [-0.1, -0.05) is 0 Å². The van der Waals surface area contributed by atoms with Crippen molar-refractivity contribution >= 4 is 15.9 Å². The molecule has 0 unspecified atom stereocenters. The third kappa shape index (κ3) is 3.45. The van der Waals surface area contributed by atoms with E-state index in [0.29, 0.717) is 45.9 Å². The summed E-state index contributed by atoms with van der Waals surface area (Å²) in [5.41, 5.74) is 0. The molecule has 7 nitrogen and oxygen atoms in total. The van der Waals surface area contributed by atoms with Crippen LogP contribution in [0.5, 0.6) is 0 Å². The van der Waals surface area contributed by atoms with E-state index >= 15 is 0 Å². The molecule has 0 radical (unpaired) electrons. The molecule has 3 fully saturated rings. The van der Waals surface area contributed by atoms with Gasteiger partial charge in [-0.25, -0.2) is 17.8 Å². The lowest BCUT2D eigenvalue weighted by Gasteiger charge is -2.34. The Bertz CT molecular complexity index is 517. The minimum absolute atomic E-state index is 0.00763. The van der Waals surface area contributed by atoms with E-state index in [4.69, 9.17) is 9.57 Å². The van der Waals surface area contributed by atoms with Crippen LogP contribution < -0.4 is 0 Å². The lowest BCUT2D eigenvalue weighted by atomic mass is 9.81. The maximum atomic E-state index is 12.3. The van der Waals surface area contributed by atoms with Crippen molar-refractivity contribution < 1.29 is 22.8 Å². The normalized spacial score (nSPS) is 33.7. The molecule has 0 spiro atoms. The Kier molecular flexibility index (Phi) is 4.72. The van der Waals surface area contributed by atoms with Gasteiger partial charge in [0.25, 0.3) is 0 Å². The van der Waals surface area contributed by atoms with Crippen molar-refractivity contribution in [3.8, 4) is 0 Å². The van der Waals surface area contributed by atoms with Gasteiger partial charge in [-0.3, -0.25) is 9.63 Å². The largest absolute Gasteiger partial charge is 0.381 e. The molecular weight excluding hydrogens is 308 g/mol. The molecular formula is C14H24N2O5S. The summed E-state index contributed by atoms with van der Waals surface area (Å²) in [6.45, 7) is 3.37. The van der Waals surface area contributed by atoms with Crippen LogP contribution in [0, 0.1) is 17.8 Å². The lowest BCUT2D eigenvalue weighted by molar-refractivity contribution is -0.199. The van der Waals surface area contributed by atoms with Gasteiger partial charge in [0.05, 0.1) is 26.1 Å². The molecule has 0 aromatic rings. The Hall–Kier alpha value is -0.700. The fourth-order valence-electron chi connectivity index (χ4n) is 3.66. The number of carbonyl (C=O) groups excluding carboxylic acids is 1. The van der Waals surface area contributed by atoms with Crippen molar-refractivity contribution in [3.05, 3.63) is 0 Å². The summed E-state index contributed by atoms with van der Waals surface area (Å²) in [5.74, 6) is 0.469. The number of hydroxylamine groups is 2.